The second-order valence-electron chi connectivity index (χ2n) is 8.55. The molecular weight excluding hydrogens is 526 g/mol. The molecule has 3 aromatic rings. The maximum absolute atomic E-state index is 13.6. The molecule has 0 atom stereocenters. The number of hydrogen-bond acceptors (Lipinski definition) is 4. The van der Waals surface area contributed by atoms with E-state index in [9.17, 15) is 13.2 Å². The minimum absolute atomic E-state index is 0.0524. The smallest absolute Gasteiger partial charge is 0.278 e. The summed E-state index contributed by atoms with van der Waals surface area (Å²) in [5, 5.41) is 0. The number of ether oxygens (including phenoxy) is 1. The van der Waals surface area contributed by atoms with Gasteiger partial charge in [0.05, 0.1) is 15.1 Å². The van der Waals surface area contributed by atoms with Crippen molar-refractivity contribution in [3.05, 3.63) is 87.9 Å². The third-order valence-electron chi connectivity index (χ3n) is 5.66. The van der Waals surface area contributed by atoms with Crippen LogP contribution in [0.25, 0.3) is 0 Å². The summed E-state index contributed by atoms with van der Waals surface area (Å²) in [5.41, 5.74) is 3.48. The number of anilines is 1. The van der Waals surface area contributed by atoms with Gasteiger partial charge in [-0.3, -0.25) is 4.79 Å². The van der Waals surface area contributed by atoms with Gasteiger partial charge in [-0.1, -0.05) is 62.6 Å². The maximum Gasteiger partial charge on any atom is 0.278 e. The van der Waals surface area contributed by atoms with Gasteiger partial charge >= 0.3 is 0 Å². The van der Waals surface area contributed by atoms with Crippen LogP contribution in [0, 0.1) is 6.92 Å². The van der Waals surface area contributed by atoms with E-state index in [1.54, 1.807) is 30.3 Å². The first-order valence-electron chi connectivity index (χ1n) is 11.9. The van der Waals surface area contributed by atoms with Crippen LogP contribution in [0.15, 0.2) is 76.1 Å². The summed E-state index contributed by atoms with van der Waals surface area (Å²) in [6.07, 6.45) is 4.98. The van der Waals surface area contributed by atoms with E-state index in [0.717, 1.165) is 57.6 Å². The van der Waals surface area contributed by atoms with Crippen molar-refractivity contribution in [3.63, 3.8) is 0 Å². The number of halogens is 1. The Labute approximate surface area is 217 Å². The molecule has 0 bridgehead atoms. The molecule has 1 amide bonds. The molecule has 0 fully saturated rings. The van der Waals surface area contributed by atoms with Gasteiger partial charge in [0.15, 0.2) is 6.61 Å². The van der Waals surface area contributed by atoms with Gasteiger partial charge in [-0.15, -0.1) is 0 Å². The SMILES string of the molecule is CCCCc1ccc(N(C(=O)COc2ccc(CCC)cc2Br)S(=O)(=O)c2ccc(C)cc2)cc1. The number of unbranched alkanes of at least 4 members (excludes halogenated alkanes) is 1. The predicted octanol–water partition coefficient (Wildman–Crippen LogP) is 6.85. The van der Waals surface area contributed by atoms with Gasteiger partial charge in [-0.25, -0.2) is 8.42 Å². The van der Waals surface area contributed by atoms with Crippen LogP contribution >= 0.6 is 15.9 Å². The lowest BCUT2D eigenvalue weighted by atomic mass is 10.1. The Hall–Kier alpha value is -2.64. The van der Waals surface area contributed by atoms with Gasteiger partial charge in [0.25, 0.3) is 15.9 Å². The summed E-state index contributed by atoms with van der Waals surface area (Å²) < 4.78 is 34.5. The Morgan fingerprint density at radius 1 is 0.886 bits per heavy atom. The van der Waals surface area contributed by atoms with E-state index in [-0.39, 0.29) is 10.6 Å². The van der Waals surface area contributed by atoms with E-state index in [2.05, 4.69) is 29.8 Å². The minimum atomic E-state index is -4.14. The number of amides is 1. The van der Waals surface area contributed by atoms with Crippen molar-refractivity contribution in [2.75, 3.05) is 10.9 Å². The highest BCUT2D eigenvalue weighted by molar-refractivity contribution is 9.10. The largest absolute Gasteiger partial charge is 0.483 e. The van der Waals surface area contributed by atoms with Crippen LogP contribution in [0.5, 0.6) is 5.75 Å². The topological polar surface area (TPSA) is 63.7 Å². The molecule has 0 aromatic heterocycles. The number of carbonyl (C=O) groups is 1. The van der Waals surface area contributed by atoms with Crippen molar-refractivity contribution in [1.82, 2.24) is 0 Å². The van der Waals surface area contributed by atoms with Crippen LogP contribution in [0.2, 0.25) is 0 Å². The number of carbonyl (C=O) groups excluding carboxylic acids is 1. The first kappa shape index (κ1) is 27.0. The van der Waals surface area contributed by atoms with Gasteiger partial charge in [-0.2, -0.15) is 4.31 Å². The van der Waals surface area contributed by atoms with Crippen LogP contribution in [-0.2, 0) is 27.7 Å². The van der Waals surface area contributed by atoms with Crippen molar-refractivity contribution in [1.29, 1.82) is 0 Å². The normalized spacial score (nSPS) is 11.3. The fraction of sp³-hybridized carbons (Fsp3) is 0.321. The Bertz CT molecular complexity index is 1240. The van der Waals surface area contributed by atoms with Gasteiger partial charge in [0.2, 0.25) is 0 Å². The molecule has 0 aliphatic carbocycles. The Morgan fingerprint density at radius 3 is 2.14 bits per heavy atom. The molecule has 0 unspecified atom stereocenters. The minimum Gasteiger partial charge on any atom is -0.483 e. The fourth-order valence-electron chi connectivity index (χ4n) is 3.72. The van der Waals surface area contributed by atoms with Crippen molar-refractivity contribution in [3.8, 4) is 5.75 Å². The second-order valence-corrected chi connectivity index (χ2v) is 11.2. The van der Waals surface area contributed by atoms with Crippen LogP contribution in [0.1, 0.15) is 49.8 Å². The summed E-state index contributed by atoms with van der Waals surface area (Å²) in [7, 11) is -4.14. The molecule has 0 saturated heterocycles. The lowest BCUT2D eigenvalue weighted by Crippen LogP contribution is -2.40. The highest BCUT2D eigenvalue weighted by Gasteiger charge is 2.31. The zero-order valence-electron chi connectivity index (χ0n) is 20.5. The first-order valence-corrected chi connectivity index (χ1v) is 14.1. The van der Waals surface area contributed by atoms with E-state index in [4.69, 9.17) is 4.74 Å². The third kappa shape index (κ3) is 6.95. The molecule has 0 radical (unpaired) electrons. The standard InChI is InChI=1S/C28H32BrNO4S/c1-4-6-8-22-11-14-24(15-12-22)30(35(32,33)25-16-9-21(3)10-17-25)28(31)20-34-27-18-13-23(7-5-2)19-26(27)29/h9-19H,4-8,20H2,1-3H3. The zero-order valence-corrected chi connectivity index (χ0v) is 22.9. The van der Waals surface area contributed by atoms with Gasteiger partial charge in [-0.05, 0) is 89.6 Å². The van der Waals surface area contributed by atoms with Crippen molar-refractivity contribution < 1.29 is 17.9 Å². The molecule has 0 N–H and O–H groups in total. The highest BCUT2D eigenvalue weighted by atomic mass is 79.9. The molecule has 7 heteroatoms. The maximum atomic E-state index is 13.6. The number of hydrogen-bond donors (Lipinski definition) is 0. The van der Waals surface area contributed by atoms with Gasteiger partial charge in [0.1, 0.15) is 5.75 Å². The monoisotopic (exact) mass is 557 g/mol. The molecule has 0 heterocycles. The molecule has 5 nitrogen and oxygen atoms in total. The lowest BCUT2D eigenvalue weighted by Gasteiger charge is -2.23. The van der Waals surface area contributed by atoms with Crippen molar-refractivity contribution >= 4 is 37.5 Å². The van der Waals surface area contributed by atoms with E-state index in [0.29, 0.717) is 5.75 Å². The zero-order chi connectivity index (χ0) is 25.4. The van der Waals surface area contributed by atoms with Crippen molar-refractivity contribution in [2.45, 2.75) is 57.8 Å². The molecule has 35 heavy (non-hydrogen) atoms. The fourth-order valence-corrected chi connectivity index (χ4v) is 5.67. The quantitative estimate of drug-likeness (QED) is 0.258. The average Bonchev–Trinajstić information content (AvgIpc) is 2.83. The van der Waals surface area contributed by atoms with Crippen LogP contribution in [0.3, 0.4) is 0 Å². The van der Waals surface area contributed by atoms with Crippen LogP contribution < -0.4 is 9.04 Å². The third-order valence-corrected chi connectivity index (χ3v) is 8.04. The molecule has 0 aliphatic heterocycles. The summed E-state index contributed by atoms with van der Waals surface area (Å²) in [4.78, 5) is 13.4. The number of aryl methyl sites for hydroxylation is 3. The number of sulfonamides is 1. The number of nitrogens with zero attached hydrogens (tertiary/aromatic N) is 1. The first-order chi connectivity index (χ1) is 16.8. The average molecular weight is 559 g/mol. The number of benzene rings is 3. The summed E-state index contributed by atoms with van der Waals surface area (Å²) >= 11 is 3.49. The van der Waals surface area contributed by atoms with Gasteiger partial charge < -0.3 is 4.74 Å². The Balaban J connectivity index is 1.90. The van der Waals surface area contributed by atoms with E-state index in [1.165, 1.54) is 12.1 Å². The van der Waals surface area contributed by atoms with Crippen LogP contribution in [0.4, 0.5) is 5.69 Å². The molecule has 3 rings (SSSR count). The number of rotatable bonds is 11. The summed E-state index contributed by atoms with van der Waals surface area (Å²) in [6.45, 7) is 5.69. The Morgan fingerprint density at radius 2 is 1.54 bits per heavy atom. The lowest BCUT2D eigenvalue weighted by molar-refractivity contribution is -0.119. The van der Waals surface area contributed by atoms with E-state index >= 15 is 0 Å². The molecule has 3 aromatic carbocycles. The van der Waals surface area contributed by atoms with Crippen LogP contribution in [-0.4, -0.2) is 20.9 Å². The second kappa shape index (κ2) is 12.4. The van der Waals surface area contributed by atoms with Crippen molar-refractivity contribution in [2.24, 2.45) is 0 Å². The summed E-state index contributed by atoms with van der Waals surface area (Å²) in [5.74, 6) is -0.183. The molecule has 0 spiro atoms. The van der Waals surface area contributed by atoms with E-state index in [1.807, 2.05) is 31.2 Å². The molecule has 186 valence electrons. The molecule has 0 aliphatic rings. The molecular formula is C28H32BrNO4S. The van der Waals surface area contributed by atoms with E-state index < -0.39 is 22.5 Å². The predicted molar refractivity (Wildman–Crippen MR) is 145 cm³/mol. The summed E-state index contributed by atoms with van der Waals surface area (Å²) in [6, 6.07) is 19.3. The Kier molecular flexibility index (Phi) is 9.52. The highest BCUT2D eigenvalue weighted by Crippen LogP contribution is 2.28. The molecule has 0 saturated carbocycles. The van der Waals surface area contributed by atoms with Gasteiger partial charge in [0, 0.05) is 0 Å².